The number of rotatable bonds is 4. The van der Waals surface area contributed by atoms with Gasteiger partial charge in [0.25, 0.3) is 0 Å². The van der Waals surface area contributed by atoms with Gasteiger partial charge in [0.1, 0.15) is 12.1 Å². The molecule has 2 aliphatic heterocycles. The largest absolute Gasteiger partial charge is 0.547 e. The molecule has 1 aromatic rings. The number of ether oxygens (including phenoxy) is 1. The van der Waals surface area contributed by atoms with Crippen molar-refractivity contribution in [2.45, 2.75) is 37.8 Å². The van der Waals surface area contributed by atoms with Gasteiger partial charge in [-0.15, -0.1) is 0 Å². The topological polar surface area (TPSA) is 107 Å². The smallest absolute Gasteiger partial charge is 0.410 e. The van der Waals surface area contributed by atoms with Crippen molar-refractivity contribution in [3.05, 3.63) is 35.9 Å². The number of carboxylic acid groups (broad SMARTS) is 1. The van der Waals surface area contributed by atoms with Crippen LogP contribution in [0, 0.1) is 0 Å². The minimum atomic E-state index is -1.82. The van der Waals surface area contributed by atoms with Gasteiger partial charge < -0.3 is 19.5 Å². The lowest BCUT2D eigenvalue weighted by molar-refractivity contribution is -0.319. The maximum atomic E-state index is 12.4. The van der Waals surface area contributed by atoms with Gasteiger partial charge in [0.05, 0.1) is 12.5 Å². The van der Waals surface area contributed by atoms with Crippen LogP contribution < -0.4 is 5.11 Å². The molecule has 2 saturated heterocycles. The van der Waals surface area contributed by atoms with Gasteiger partial charge in [-0.3, -0.25) is 14.5 Å². The van der Waals surface area contributed by atoms with Gasteiger partial charge in [-0.1, -0.05) is 30.3 Å². The molecule has 0 saturated carbocycles. The van der Waals surface area contributed by atoms with Crippen molar-refractivity contribution in [3.8, 4) is 0 Å². The summed E-state index contributed by atoms with van der Waals surface area (Å²) in [5, 5.41) is 11.9. The van der Waals surface area contributed by atoms with Crippen molar-refractivity contribution in [2.75, 3.05) is 13.1 Å². The van der Waals surface area contributed by atoms with Crippen molar-refractivity contribution in [3.63, 3.8) is 0 Å². The molecule has 8 heteroatoms. The number of piperidine rings is 1. The molecule has 0 radical (unpaired) electrons. The highest BCUT2D eigenvalue weighted by molar-refractivity contribution is 6.06. The second-order valence-corrected chi connectivity index (χ2v) is 6.51. The Morgan fingerprint density at radius 2 is 1.77 bits per heavy atom. The third-order valence-electron chi connectivity index (χ3n) is 4.79. The first-order valence-electron chi connectivity index (χ1n) is 8.47. The zero-order valence-electron chi connectivity index (χ0n) is 14.2. The molecular weight excluding hydrogens is 340 g/mol. The van der Waals surface area contributed by atoms with E-state index >= 15 is 0 Å². The zero-order valence-corrected chi connectivity index (χ0v) is 14.2. The van der Waals surface area contributed by atoms with Gasteiger partial charge in [0, 0.05) is 19.4 Å². The van der Waals surface area contributed by atoms with Crippen molar-refractivity contribution >= 4 is 23.9 Å². The van der Waals surface area contributed by atoms with E-state index in [-0.39, 0.29) is 32.4 Å². The zero-order chi connectivity index (χ0) is 18.7. The summed E-state index contributed by atoms with van der Waals surface area (Å²) in [5.74, 6) is -2.61. The second-order valence-electron chi connectivity index (χ2n) is 6.51. The Morgan fingerprint density at radius 3 is 2.38 bits per heavy atom. The lowest BCUT2D eigenvalue weighted by Gasteiger charge is -2.47. The van der Waals surface area contributed by atoms with Gasteiger partial charge in [-0.2, -0.15) is 0 Å². The molecular formula is C18H19N2O6-. The van der Waals surface area contributed by atoms with Crippen molar-refractivity contribution < 1.29 is 29.0 Å². The summed E-state index contributed by atoms with van der Waals surface area (Å²) in [6.45, 7) is 0.0232. The van der Waals surface area contributed by atoms with Crippen molar-refractivity contribution in [1.29, 1.82) is 0 Å². The minimum Gasteiger partial charge on any atom is -0.547 e. The monoisotopic (exact) mass is 359 g/mol. The number of carbonyl (C=O) groups excluding carboxylic acids is 4. The minimum absolute atomic E-state index is 0.0215. The molecule has 0 bridgehead atoms. The van der Waals surface area contributed by atoms with Crippen LogP contribution in [-0.2, 0) is 25.7 Å². The van der Waals surface area contributed by atoms with Gasteiger partial charge in [0.2, 0.25) is 11.8 Å². The van der Waals surface area contributed by atoms with Crippen LogP contribution in [0.5, 0.6) is 0 Å². The van der Waals surface area contributed by atoms with Crippen LogP contribution in [0.4, 0.5) is 4.79 Å². The van der Waals surface area contributed by atoms with Crippen LogP contribution in [0.25, 0.3) is 0 Å². The molecule has 26 heavy (non-hydrogen) atoms. The predicted octanol–water partition coefficient (Wildman–Crippen LogP) is 0.0567. The van der Waals surface area contributed by atoms with E-state index in [1.54, 1.807) is 12.1 Å². The molecule has 8 nitrogen and oxygen atoms in total. The Balaban J connectivity index is 1.73. The predicted molar refractivity (Wildman–Crippen MR) is 86.3 cm³/mol. The summed E-state index contributed by atoms with van der Waals surface area (Å²) in [6.07, 6.45) is -0.336. The first kappa shape index (κ1) is 17.9. The molecule has 0 N–H and O–H groups in total. The highest BCUT2D eigenvalue weighted by atomic mass is 16.6. The average molecular weight is 359 g/mol. The summed E-state index contributed by atoms with van der Waals surface area (Å²) in [6, 6.07) is 9.08. The van der Waals surface area contributed by atoms with E-state index in [0.29, 0.717) is 13.0 Å². The fourth-order valence-corrected chi connectivity index (χ4v) is 3.50. The highest BCUT2D eigenvalue weighted by Crippen LogP contribution is 2.32. The number of amides is 3. The summed E-state index contributed by atoms with van der Waals surface area (Å²) in [5.41, 5.74) is -1.02. The fourth-order valence-electron chi connectivity index (χ4n) is 3.50. The molecule has 0 aromatic heterocycles. The van der Waals surface area contributed by atoms with E-state index in [9.17, 15) is 24.3 Å². The van der Waals surface area contributed by atoms with E-state index in [4.69, 9.17) is 4.74 Å². The number of imide groups is 1. The summed E-state index contributed by atoms with van der Waals surface area (Å²) in [4.78, 5) is 50.3. The van der Waals surface area contributed by atoms with Crippen LogP contribution in [0.2, 0.25) is 0 Å². The number of hydrogen-bond donors (Lipinski definition) is 0. The fraction of sp³-hybridized carbons (Fsp3) is 0.444. The van der Waals surface area contributed by atoms with Gasteiger partial charge in [-0.25, -0.2) is 4.79 Å². The van der Waals surface area contributed by atoms with E-state index in [0.717, 1.165) is 10.5 Å². The Hall–Kier alpha value is -2.90. The Bertz CT molecular complexity index is 718. The van der Waals surface area contributed by atoms with Crippen LogP contribution in [0.1, 0.15) is 31.2 Å². The lowest BCUT2D eigenvalue weighted by atomic mass is 9.87. The van der Waals surface area contributed by atoms with Crippen molar-refractivity contribution in [2.24, 2.45) is 0 Å². The number of carboxylic acids is 1. The van der Waals surface area contributed by atoms with E-state index < -0.39 is 29.4 Å². The molecule has 2 heterocycles. The van der Waals surface area contributed by atoms with Gasteiger partial charge >= 0.3 is 6.09 Å². The molecule has 138 valence electrons. The van der Waals surface area contributed by atoms with Crippen LogP contribution in [0.3, 0.4) is 0 Å². The number of benzene rings is 1. The van der Waals surface area contributed by atoms with E-state index in [2.05, 4.69) is 0 Å². The molecule has 0 aliphatic carbocycles. The van der Waals surface area contributed by atoms with E-state index in [1.807, 2.05) is 18.2 Å². The van der Waals surface area contributed by atoms with Crippen LogP contribution in [0.15, 0.2) is 30.3 Å². The first-order valence-corrected chi connectivity index (χ1v) is 8.47. The third kappa shape index (κ3) is 3.26. The second kappa shape index (κ2) is 7.15. The quantitative estimate of drug-likeness (QED) is 0.704. The first-order chi connectivity index (χ1) is 12.4. The average Bonchev–Trinajstić information content (AvgIpc) is 2.99. The summed E-state index contributed by atoms with van der Waals surface area (Å²) < 4.78 is 5.24. The molecule has 1 aromatic carbocycles. The molecule has 0 spiro atoms. The number of aliphatic carboxylic acids is 1. The van der Waals surface area contributed by atoms with Gasteiger partial charge in [0.15, 0.2) is 0 Å². The maximum Gasteiger partial charge on any atom is 0.410 e. The molecule has 0 unspecified atom stereocenters. The molecule has 3 rings (SSSR count). The lowest BCUT2D eigenvalue weighted by Crippen LogP contribution is -2.68. The summed E-state index contributed by atoms with van der Waals surface area (Å²) in [7, 11) is 0. The van der Waals surface area contributed by atoms with Crippen LogP contribution >= 0.6 is 0 Å². The number of carbonyl (C=O) groups is 4. The Morgan fingerprint density at radius 1 is 1.12 bits per heavy atom. The molecule has 1 atom stereocenters. The maximum absolute atomic E-state index is 12.4. The number of nitrogens with zero attached hydrogens (tertiary/aromatic N) is 2. The summed E-state index contributed by atoms with van der Waals surface area (Å²) >= 11 is 0. The standard InChI is InChI=1S/C18H20N2O6/c21-14-7-8-15(22)20(14)18(16(23)24)9-4-10-19(12-18)17(25)26-11-13-5-2-1-3-6-13/h1-3,5-6H,4,7-12H2,(H,23,24)/p-1/t18-/m1/s1. The molecule has 2 aliphatic rings. The third-order valence-corrected chi connectivity index (χ3v) is 4.79. The Kier molecular flexibility index (Phi) is 4.92. The number of hydrogen-bond acceptors (Lipinski definition) is 6. The molecule has 3 amide bonds. The normalized spacial score (nSPS) is 23.2. The highest BCUT2D eigenvalue weighted by Gasteiger charge is 2.50. The SMILES string of the molecule is O=C(OCc1ccccc1)N1CCC[C@@](C(=O)[O-])(N2C(=O)CCC2=O)C1. The van der Waals surface area contributed by atoms with Gasteiger partial charge in [-0.05, 0) is 18.4 Å². The van der Waals surface area contributed by atoms with E-state index in [1.165, 1.54) is 4.90 Å². The molecule has 2 fully saturated rings. The Labute approximate surface area is 150 Å². The van der Waals surface area contributed by atoms with Crippen LogP contribution in [-0.4, -0.2) is 52.3 Å². The van der Waals surface area contributed by atoms with Crippen molar-refractivity contribution in [1.82, 2.24) is 9.80 Å². The number of likely N-dealkylation sites (tertiary alicyclic amines) is 2.